The van der Waals surface area contributed by atoms with Gasteiger partial charge < -0.3 is 10.6 Å². The van der Waals surface area contributed by atoms with Crippen molar-refractivity contribution in [1.82, 2.24) is 15.5 Å². The highest BCUT2D eigenvalue weighted by Gasteiger charge is 2.34. The zero-order valence-corrected chi connectivity index (χ0v) is 18.2. The van der Waals surface area contributed by atoms with Crippen LogP contribution in [0.1, 0.15) is 15.9 Å². The molecule has 2 aromatic rings. The van der Waals surface area contributed by atoms with Gasteiger partial charge >= 0.3 is 0 Å². The number of hydrogen-bond acceptors (Lipinski definition) is 5. The van der Waals surface area contributed by atoms with Crippen molar-refractivity contribution in [2.75, 3.05) is 19.6 Å². The van der Waals surface area contributed by atoms with E-state index in [1.165, 1.54) is 0 Å². The SMILES string of the molecule is O=C(CNC(=O)c1ccccc1)NCCN1C(=O)S/C(=C/c2cccc(Br)c2)C1=O. The van der Waals surface area contributed by atoms with E-state index >= 15 is 0 Å². The predicted molar refractivity (Wildman–Crippen MR) is 119 cm³/mol. The molecule has 4 amide bonds. The number of amides is 4. The van der Waals surface area contributed by atoms with Crippen molar-refractivity contribution < 1.29 is 19.2 Å². The fourth-order valence-corrected chi connectivity index (χ4v) is 3.94. The van der Waals surface area contributed by atoms with Crippen LogP contribution in [0.2, 0.25) is 0 Å². The molecular weight excluding hydrogens is 470 g/mol. The largest absolute Gasteiger partial charge is 0.353 e. The van der Waals surface area contributed by atoms with E-state index in [1.807, 2.05) is 24.3 Å². The molecule has 0 atom stereocenters. The molecule has 7 nitrogen and oxygen atoms in total. The van der Waals surface area contributed by atoms with Crippen molar-refractivity contribution in [3.8, 4) is 0 Å². The Balaban J connectivity index is 1.46. The van der Waals surface area contributed by atoms with Crippen LogP contribution in [0.3, 0.4) is 0 Å². The zero-order chi connectivity index (χ0) is 21.5. The van der Waals surface area contributed by atoms with Gasteiger partial charge in [0.1, 0.15) is 0 Å². The first-order valence-corrected chi connectivity index (χ1v) is 10.7. The van der Waals surface area contributed by atoms with Crippen LogP contribution in [0.4, 0.5) is 4.79 Å². The molecule has 0 spiro atoms. The van der Waals surface area contributed by atoms with E-state index in [4.69, 9.17) is 0 Å². The van der Waals surface area contributed by atoms with Gasteiger partial charge in [0.15, 0.2) is 0 Å². The number of nitrogens with one attached hydrogen (secondary N) is 2. The summed E-state index contributed by atoms with van der Waals surface area (Å²) in [5.41, 5.74) is 1.26. The summed E-state index contributed by atoms with van der Waals surface area (Å²) in [6, 6.07) is 15.9. The average Bonchev–Trinajstić information content (AvgIpc) is 3.00. The quantitative estimate of drug-likeness (QED) is 0.585. The normalized spacial score (nSPS) is 14.8. The third-order valence-electron chi connectivity index (χ3n) is 4.12. The van der Waals surface area contributed by atoms with Crippen LogP contribution in [0, 0.1) is 0 Å². The predicted octanol–water partition coefficient (Wildman–Crippen LogP) is 3.03. The molecule has 9 heteroatoms. The van der Waals surface area contributed by atoms with Gasteiger partial charge in [0, 0.05) is 23.1 Å². The first-order valence-electron chi connectivity index (χ1n) is 9.05. The van der Waals surface area contributed by atoms with Gasteiger partial charge in [0.2, 0.25) is 5.91 Å². The Morgan fingerprint density at radius 2 is 1.80 bits per heavy atom. The van der Waals surface area contributed by atoms with E-state index in [1.54, 1.807) is 36.4 Å². The van der Waals surface area contributed by atoms with Crippen molar-refractivity contribution in [3.05, 3.63) is 75.1 Å². The van der Waals surface area contributed by atoms with Crippen molar-refractivity contribution in [3.63, 3.8) is 0 Å². The van der Waals surface area contributed by atoms with Crippen LogP contribution in [0.5, 0.6) is 0 Å². The summed E-state index contributed by atoms with van der Waals surface area (Å²) < 4.78 is 0.873. The number of carbonyl (C=O) groups excluding carboxylic acids is 4. The molecule has 1 aliphatic heterocycles. The Morgan fingerprint density at radius 1 is 1.03 bits per heavy atom. The van der Waals surface area contributed by atoms with Gasteiger partial charge in [0.25, 0.3) is 17.1 Å². The van der Waals surface area contributed by atoms with Crippen LogP contribution in [0.15, 0.2) is 64.0 Å². The number of carbonyl (C=O) groups is 4. The van der Waals surface area contributed by atoms with E-state index in [0.717, 1.165) is 26.7 Å². The fraction of sp³-hybridized carbons (Fsp3) is 0.143. The highest BCUT2D eigenvalue weighted by Crippen LogP contribution is 2.32. The molecule has 154 valence electrons. The minimum Gasteiger partial charge on any atom is -0.353 e. The lowest BCUT2D eigenvalue weighted by atomic mass is 10.2. The molecule has 2 aromatic carbocycles. The van der Waals surface area contributed by atoms with Gasteiger partial charge in [0.05, 0.1) is 11.4 Å². The van der Waals surface area contributed by atoms with Crippen molar-refractivity contribution in [1.29, 1.82) is 0 Å². The van der Waals surface area contributed by atoms with E-state index in [-0.39, 0.29) is 30.8 Å². The Hall–Kier alpha value is -2.91. The highest BCUT2D eigenvalue weighted by molar-refractivity contribution is 9.10. The summed E-state index contributed by atoms with van der Waals surface area (Å²) in [4.78, 5) is 49.9. The molecule has 1 heterocycles. The van der Waals surface area contributed by atoms with Gasteiger partial charge in [-0.2, -0.15) is 0 Å². The molecule has 0 unspecified atom stereocenters. The van der Waals surface area contributed by atoms with E-state index in [0.29, 0.717) is 10.5 Å². The summed E-state index contributed by atoms with van der Waals surface area (Å²) in [7, 11) is 0. The second-order valence-corrected chi connectivity index (χ2v) is 8.20. The Morgan fingerprint density at radius 3 is 2.53 bits per heavy atom. The molecule has 0 bridgehead atoms. The van der Waals surface area contributed by atoms with Crippen LogP contribution in [-0.4, -0.2) is 47.5 Å². The second-order valence-electron chi connectivity index (χ2n) is 6.29. The number of nitrogens with zero attached hydrogens (tertiary/aromatic N) is 1. The van der Waals surface area contributed by atoms with Crippen LogP contribution in [-0.2, 0) is 9.59 Å². The molecule has 0 aromatic heterocycles. The fourth-order valence-electron chi connectivity index (χ4n) is 2.66. The van der Waals surface area contributed by atoms with Gasteiger partial charge in [-0.1, -0.05) is 46.3 Å². The monoisotopic (exact) mass is 487 g/mol. The lowest BCUT2D eigenvalue weighted by Gasteiger charge is -2.13. The first-order chi connectivity index (χ1) is 14.4. The van der Waals surface area contributed by atoms with E-state index < -0.39 is 11.8 Å². The average molecular weight is 488 g/mol. The highest BCUT2D eigenvalue weighted by atomic mass is 79.9. The van der Waals surface area contributed by atoms with Gasteiger partial charge in [-0.3, -0.25) is 24.1 Å². The third-order valence-corrected chi connectivity index (χ3v) is 5.52. The topological polar surface area (TPSA) is 95.6 Å². The lowest BCUT2D eigenvalue weighted by Crippen LogP contribution is -2.41. The van der Waals surface area contributed by atoms with E-state index in [9.17, 15) is 19.2 Å². The zero-order valence-electron chi connectivity index (χ0n) is 15.8. The molecule has 0 radical (unpaired) electrons. The van der Waals surface area contributed by atoms with Gasteiger partial charge in [-0.15, -0.1) is 0 Å². The summed E-state index contributed by atoms with van der Waals surface area (Å²) >= 11 is 4.23. The molecule has 1 aliphatic rings. The number of imide groups is 1. The number of hydrogen-bond donors (Lipinski definition) is 2. The Kier molecular flexibility index (Phi) is 7.42. The van der Waals surface area contributed by atoms with E-state index in [2.05, 4.69) is 26.6 Å². The Bertz CT molecular complexity index is 1010. The number of thioether (sulfide) groups is 1. The smallest absolute Gasteiger partial charge is 0.293 e. The van der Waals surface area contributed by atoms with Gasteiger partial charge in [-0.25, -0.2) is 0 Å². The minimum absolute atomic E-state index is 0.0544. The van der Waals surface area contributed by atoms with Crippen molar-refractivity contribution in [2.24, 2.45) is 0 Å². The molecule has 2 N–H and O–H groups in total. The molecule has 30 heavy (non-hydrogen) atoms. The molecular formula is C21H18BrN3O4S. The molecule has 3 rings (SSSR count). The van der Waals surface area contributed by atoms with Crippen LogP contribution >= 0.6 is 27.7 Å². The maximum atomic E-state index is 12.5. The molecule has 1 saturated heterocycles. The van der Waals surface area contributed by atoms with Crippen LogP contribution in [0.25, 0.3) is 6.08 Å². The lowest BCUT2D eigenvalue weighted by molar-refractivity contribution is -0.124. The standard InChI is InChI=1S/C21H18BrN3O4S/c22-16-8-4-5-14(11-16)12-17-20(28)25(21(29)30-17)10-9-23-18(26)13-24-19(27)15-6-2-1-3-7-15/h1-8,11-12H,9-10,13H2,(H,23,26)(H,24,27)/b17-12+. The molecule has 0 saturated carbocycles. The Labute approximate surface area is 186 Å². The summed E-state index contributed by atoms with van der Waals surface area (Å²) in [5.74, 6) is -1.15. The summed E-state index contributed by atoms with van der Waals surface area (Å²) in [6.45, 7) is -0.0421. The number of rotatable bonds is 7. The van der Waals surface area contributed by atoms with Crippen molar-refractivity contribution >= 4 is 56.7 Å². The maximum Gasteiger partial charge on any atom is 0.293 e. The summed E-state index contributed by atoms with van der Waals surface area (Å²) in [6.07, 6.45) is 1.66. The first kappa shape index (κ1) is 21.8. The van der Waals surface area contributed by atoms with Crippen molar-refractivity contribution in [2.45, 2.75) is 0 Å². The minimum atomic E-state index is -0.407. The number of benzene rings is 2. The third kappa shape index (κ3) is 5.80. The van der Waals surface area contributed by atoms with Crippen LogP contribution < -0.4 is 10.6 Å². The maximum absolute atomic E-state index is 12.5. The second kappa shape index (κ2) is 10.2. The molecule has 0 aliphatic carbocycles. The summed E-state index contributed by atoms with van der Waals surface area (Å²) in [5, 5.41) is 4.73. The number of halogens is 1. The van der Waals surface area contributed by atoms with Gasteiger partial charge in [-0.05, 0) is 47.7 Å². The molecule has 1 fully saturated rings.